The maximum Gasteiger partial charge on any atom is 0.0482 e. The zero-order chi connectivity index (χ0) is 11.4. The monoisotopic (exact) mass is 212 g/mol. The van der Waals surface area contributed by atoms with E-state index in [2.05, 4.69) is 40.8 Å². The van der Waals surface area contributed by atoms with E-state index in [1.165, 1.54) is 16.6 Å². The lowest BCUT2D eigenvalue weighted by Gasteiger charge is -2.08. The normalized spacial score (nSPS) is 10.5. The first-order valence-electron chi connectivity index (χ1n) is 5.57. The van der Waals surface area contributed by atoms with Gasteiger partial charge < -0.3 is 10.3 Å². The number of nitrogens with two attached hydrogens (primary N) is 1. The molecule has 0 unspecified atom stereocenters. The molecule has 2 heteroatoms. The Morgan fingerprint density at radius 2 is 2.12 bits per heavy atom. The predicted octanol–water partition coefficient (Wildman–Crippen LogP) is 2.51. The number of para-hydroxylation sites is 1. The standard InChI is InChI=1S/C14H16N2/c1-2-3-6-9-16-13(11-15)10-12-7-4-5-8-14(12)16/h1,4-5,7-8,10H,3,6,9,11,15H2. The van der Waals surface area contributed by atoms with Crippen LogP contribution >= 0.6 is 0 Å². The van der Waals surface area contributed by atoms with Crippen LogP contribution < -0.4 is 5.73 Å². The smallest absolute Gasteiger partial charge is 0.0482 e. The third-order valence-corrected chi connectivity index (χ3v) is 2.81. The van der Waals surface area contributed by atoms with E-state index in [9.17, 15) is 0 Å². The molecule has 1 heterocycles. The van der Waals surface area contributed by atoms with E-state index in [4.69, 9.17) is 12.2 Å². The molecule has 0 aliphatic rings. The van der Waals surface area contributed by atoms with Gasteiger partial charge in [-0.1, -0.05) is 18.2 Å². The quantitative estimate of drug-likeness (QED) is 0.612. The van der Waals surface area contributed by atoms with Crippen LogP contribution in [0.5, 0.6) is 0 Å². The second-order valence-corrected chi connectivity index (χ2v) is 3.86. The Kier molecular flexibility index (Phi) is 3.28. The van der Waals surface area contributed by atoms with Gasteiger partial charge in [0.15, 0.2) is 0 Å². The van der Waals surface area contributed by atoms with Crippen LogP contribution in [0.1, 0.15) is 18.5 Å². The average molecular weight is 212 g/mol. The van der Waals surface area contributed by atoms with Gasteiger partial charge in [-0.05, 0) is 23.9 Å². The van der Waals surface area contributed by atoms with E-state index >= 15 is 0 Å². The lowest BCUT2D eigenvalue weighted by atomic mass is 10.2. The number of hydrogen-bond acceptors (Lipinski definition) is 1. The number of aromatic nitrogens is 1. The Labute approximate surface area is 96.1 Å². The number of aryl methyl sites for hydroxylation is 1. The van der Waals surface area contributed by atoms with Gasteiger partial charge in [-0.3, -0.25) is 0 Å². The molecule has 0 aliphatic carbocycles. The molecule has 0 saturated heterocycles. The molecule has 1 aromatic heterocycles. The molecule has 2 aromatic rings. The molecule has 82 valence electrons. The second kappa shape index (κ2) is 4.87. The summed E-state index contributed by atoms with van der Waals surface area (Å²) in [7, 11) is 0. The summed E-state index contributed by atoms with van der Waals surface area (Å²) in [4.78, 5) is 0. The summed E-state index contributed by atoms with van der Waals surface area (Å²) in [6, 6.07) is 10.5. The van der Waals surface area contributed by atoms with Crippen molar-refractivity contribution in [3.8, 4) is 12.3 Å². The maximum absolute atomic E-state index is 5.76. The van der Waals surface area contributed by atoms with Gasteiger partial charge in [0.2, 0.25) is 0 Å². The molecule has 0 saturated carbocycles. The minimum Gasteiger partial charge on any atom is -0.343 e. The fourth-order valence-electron chi connectivity index (χ4n) is 2.04. The Hall–Kier alpha value is -1.72. The van der Waals surface area contributed by atoms with Crippen LogP contribution in [0, 0.1) is 12.3 Å². The molecule has 0 bridgehead atoms. The van der Waals surface area contributed by atoms with Crippen LogP contribution in [0.15, 0.2) is 30.3 Å². The summed E-state index contributed by atoms with van der Waals surface area (Å²) in [6.07, 6.45) is 7.09. The molecule has 0 aliphatic heterocycles. The van der Waals surface area contributed by atoms with Crippen molar-refractivity contribution in [2.45, 2.75) is 25.9 Å². The molecule has 16 heavy (non-hydrogen) atoms. The van der Waals surface area contributed by atoms with Gasteiger partial charge in [-0.25, -0.2) is 0 Å². The van der Waals surface area contributed by atoms with Crippen LogP contribution in [0.2, 0.25) is 0 Å². The largest absolute Gasteiger partial charge is 0.343 e. The predicted molar refractivity (Wildman–Crippen MR) is 67.9 cm³/mol. The Bertz CT molecular complexity index is 517. The molecule has 2 nitrogen and oxygen atoms in total. The van der Waals surface area contributed by atoms with Gasteiger partial charge in [0.05, 0.1) is 0 Å². The molecule has 0 fully saturated rings. The summed E-state index contributed by atoms with van der Waals surface area (Å²) in [5.74, 6) is 2.67. The minimum atomic E-state index is 0.574. The Morgan fingerprint density at radius 1 is 1.31 bits per heavy atom. The van der Waals surface area contributed by atoms with Crippen molar-refractivity contribution >= 4 is 10.9 Å². The second-order valence-electron chi connectivity index (χ2n) is 3.86. The van der Waals surface area contributed by atoms with Crippen LogP contribution in [-0.4, -0.2) is 4.57 Å². The number of fused-ring (bicyclic) bond motifs is 1. The minimum absolute atomic E-state index is 0.574. The molecule has 0 spiro atoms. The van der Waals surface area contributed by atoms with Crippen LogP contribution in [0.25, 0.3) is 10.9 Å². The van der Waals surface area contributed by atoms with Crippen molar-refractivity contribution in [1.29, 1.82) is 0 Å². The molecule has 1 aromatic carbocycles. The van der Waals surface area contributed by atoms with Crippen LogP contribution in [-0.2, 0) is 13.1 Å². The van der Waals surface area contributed by atoms with E-state index < -0.39 is 0 Å². The van der Waals surface area contributed by atoms with Gasteiger partial charge in [0.25, 0.3) is 0 Å². The topological polar surface area (TPSA) is 30.9 Å². The lowest BCUT2D eigenvalue weighted by Crippen LogP contribution is -2.07. The number of nitrogens with zero attached hydrogens (tertiary/aromatic N) is 1. The van der Waals surface area contributed by atoms with Gasteiger partial charge in [-0.15, -0.1) is 12.3 Å². The summed E-state index contributed by atoms with van der Waals surface area (Å²) in [5, 5.41) is 1.25. The first-order valence-corrected chi connectivity index (χ1v) is 5.57. The SMILES string of the molecule is C#CCCCn1c(CN)cc2ccccc21. The molecule has 0 atom stereocenters. The van der Waals surface area contributed by atoms with Gasteiger partial charge >= 0.3 is 0 Å². The van der Waals surface area contributed by atoms with E-state index in [1.807, 2.05) is 0 Å². The van der Waals surface area contributed by atoms with E-state index in [1.54, 1.807) is 0 Å². The van der Waals surface area contributed by atoms with Crippen LogP contribution in [0.3, 0.4) is 0 Å². The summed E-state index contributed by atoms with van der Waals surface area (Å²) in [6.45, 7) is 1.52. The van der Waals surface area contributed by atoms with Crippen molar-refractivity contribution in [2.24, 2.45) is 5.73 Å². The first kappa shape index (κ1) is 10.8. The fraction of sp³-hybridized carbons (Fsp3) is 0.286. The van der Waals surface area contributed by atoms with Crippen molar-refractivity contribution in [2.75, 3.05) is 0 Å². The number of unbranched alkanes of at least 4 members (excludes halogenated alkanes) is 1. The average Bonchev–Trinajstić information content (AvgIpc) is 2.68. The van der Waals surface area contributed by atoms with Crippen molar-refractivity contribution in [1.82, 2.24) is 4.57 Å². The van der Waals surface area contributed by atoms with Crippen molar-refractivity contribution in [3.63, 3.8) is 0 Å². The lowest BCUT2D eigenvalue weighted by molar-refractivity contribution is 0.647. The zero-order valence-corrected chi connectivity index (χ0v) is 9.32. The summed E-state index contributed by atoms with van der Waals surface area (Å²) < 4.78 is 2.27. The molecular formula is C14H16N2. The molecular weight excluding hydrogens is 196 g/mol. The first-order chi connectivity index (χ1) is 7.86. The molecule has 2 rings (SSSR count). The molecule has 2 N–H and O–H groups in total. The van der Waals surface area contributed by atoms with Crippen LogP contribution in [0.4, 0.5) is 0 Å². The van der Waals surface area contributed by atoms with Crippen molar-refractivity contribution in [3.05, 3.63) is 36.0 Å². The number of hydrogen-bond donors (Lipinski definition) is 1. The highest BCUT2D eigenvalue weighted by molar-refractivity contribution is 5.81. The summed E-state index contributed by atoms with van der Waals surface area (Å²) >= 11 is 0. The number of benzene rings is 1. The highest BCUT2D eigenvalue weighted by Gasteiger charge is 2.05. The Balaban J connectivity index is 2.36. The van der Waals surface area contributed by atoms with E-state index in [-0.39, 0.29) is 0 Å². The van der Waals surface area contributed by atoms with Gasteiger partial charge in [-0.2, -0.15) is 0 Å². The molecule has 0 amide bonds. The number of terminal acetylenes is 1. The fourth-order valence-corrected chi connectivity index (χ4v) is 2.04. The van der Waals surface area contributed by atoms with Crippen molar-refractivity contribution < 1.29 is 0 Å². The Morgan fingerprint density at radius 3 is 2.88 bits per heavy atom. The van der Waals surface area contributed by atoms with E-state index in [0.29, 0.717) is 6.54 Å². The summed E-state index contributed by atoms with van der Waals surface area (Å²) in [5.41, 5.74) is 8.19. The number of rotatable bonds is 4. The van der Waals surface area contributed by atoms with Gasteiger partial charge in [0, 0.05) is 30.7 Å². The zero-order valence-electron chi connectivity index (χ0n) is 9.32. The molecule has 0 radical (unpaired) electrons. The maximum atomic E-state index is 5.76. The third kappa shape index (κ3) is 1.95. The van der Waals surface area contributed by atoms with E-state index in [0.717, 1.165) is 19.4 Å². The van der Waals surface area contributed by atoms with Gasteiger partial charge in [0.1, 0.15) is 0 Å². The highest BCUT2D eigenvalue weighted by Crippen LogP contribution is 2.20. The highest BCUT2D eigenvalue weighted by atomic mass is 15.0. The third-order valence-electron chi connectivity index (χ3n) is 2.81.